The van der Waals surface area contributed by atoms with Gasteiger partial charge in [-0.15, -0.1) is 0 Å². The third-order valence-electron chi connectivity index (χ3n) is 3.88. The fourth-order valence-corrected chi connectivity index (χ4v) is 2.48. The molecular formula is C16H23N3O3. The first-order valence-corrected chi connectivity index (χ1v) is 7.58. The van der Waals surface area contributed by atoms with Crippen LogP contribution in [0.4, 0.5) is 5.69 Å². The summed E-state index contributed by atoms with van der Waals surface area (Å²) in [5.41, 5.74) is 7.76. The molecule has 0 saturated carbocycles. The Morgan fingerprint density at radius 2 is 2.14 bits per heavy atom. The van der Waals surface area contributed by atoms with Gasteiger partial charge in [0.2, 0.25) is 5.91 Å². The summed E-state index contributed by atoms with van der Waals surface area (Å²) in [4.78, 5) is 22.9. The Labute approximate surface area is 130 Å². The number of nitrogens with one attached hydrogen (secondary N) is 3. The molecule has 1 fully saturated rings. The van der Waals surface area contributed by atoms with Crippen molar-refractivity contribution in [3.05, 3.63) is 29.8 Å². The molecule has 0 aliphatic carbocycles. The maximum Gasteiger partial charge on any atom is 0.303 e. The van der Waals surface area contributed by atoms with Gasteiger partial charge in [0.05, 0.1) is 0 Å². The van der Waals surface area contributed by atoms with Crippen LogP contribution in [0.2, 0.25) is 0 Å². The second-order valence-corrected chi connectivity index (χ2v) is 6.01. The van der Waals surface area contributed by atoms with Crippen molar-refractivity contribution in [2.75, 3.05) is 5.32 Å². The van der Waals surface area contributed by atoms with Gasteiger partial charge in [0, 0.05) is 18.2 Å². The van der Waals surface area contributed by atoms with Crippen LogP contribution in [0, 0.1) is 5.92 Å². The third kappa shape index (κ3) is 4.54. The lowest BCUT2D eigenvalue weighted by atomic mass is 9.99. The van der Waals surface area contributed by atoms with Gasteiger partial charge in [-0.2, -0.15) is 0 Å². The molecule has 1 aromatic carbocycles. The van der Waals surface area contributed by atoms with E-state index in [1.165, 1.54) is 0 Å². The predicted molar refractivity (Wildman–Crippen MR) is 84.3 cm³/mol. The quantitative estimate of drug-likeness (QED) is 0.640. The molecule has 2 rings (SSSR count). The average Bonchev–Trinajstić information content (AvgIpc) is 2.95. The molecule has 4 N–H and O–H groups in total. The summed E-state index contributed by atoms with van der Waals surface area (Å²) in [6.07, 6.45) is 1.29. The zero-order valence-corrected chi connectivity index (χ0v) is 12.9. The SMILES string of the molecule is CC(C)C1CC(C(=O)Nc2cccc(CCC(=O)O)c2)NN1. The molecule has 1 aliphatic rings. The van der Waals surface area contributed by atoms with Crippen LogP contribution in [0.5, 0.6) is 0 Å². The normalized spacial score (nSPS) is 21.0. The van der Waals surface area contributed by atoms with Gasteiger partial charge in [-0.05, 0) is 36.5 Å². The standard InChI is InChI=1S/C16H23N3O3/c1-10(2)13-9-14(19-18-13)16(22)17-12-5-3-4-11(8-12)6-7-15(20)21/h3-5,8,10,13-14,18-19H,6-7,9H2,1-2H3,(H,17,22)(H,20,21). The Bertz CT molecular complexity index is 545. The van der Waals surface area contributed by atoms with E-state index in [0.717, 1.165) is 12.0 Å². The highest BCUT2D eigenvalue weighted by atomic mass is 16.4. The molecular weight excluding hydrogens is 282 g/mol. The molecule has 0 spiro atoms. The third-order valence-corrected chi connectivity index (χ3v) is 3.88. The summed E-state index contributed by atoms with van der Waals surface area (Å²) >= 11 is 0. The number of carboxylic acid groups (broad SMARTS) is 1. The van der Waals surface area contributed by atoms with E-state index in [-0.39, 0.29) is 24.4 Å². The second kappa shape index (κ2) is 7.38. The highest BCUT2D eigenvalue weighted by Gasteiger charge is 2.30. The van der Waals surface area contributed by atoms with Crippen LogP contribution < -0.4 is 16.2 Å². The fourth-order valence-electron chi connectivity index (χ4n) is 2.48. The van der Waals surface area contributed by atoms with Crippen LogP contribution in [0.3, 0.4) is 0 Å². The summed E-state index contributed by atoms with van der Waals surface area (Å²) in [5.74, 6) is -0.439. The van der Waals surface area contributed by atoms with Gasteiger partial charge in [0.25, 0.3) is 0 Å². The smallest absolute Gasteiger partial charge is 0.303 e. The van der Waals surface area contributed by atoms with Crippen LogP contribution in [0.1, 0.15) is 32.3 Å². The first-order valence-electron chi connectivity index (χ1n) is 7.58. The summed E-state index contributed by atoms with van der Waals surface area (Å²) in [6.45, 7) is 4.23. The van der Waals surface area contributed by atoms with E-state index in [4.69, 9.17) is 5.11 Å². The average molecular weight is 305 g/mol. The number of aryl methyl sites for hydroxylation is 1. The Kier molecular flexibility index (Phi) is 5.51. The first kappa shape index (κ1) is 16.5. The number of benzene rings is 1. The van der Waals surface area contributed by atoms with Crippen molar-refractivity contribution in [3.63, 3.8) is 0 Å². The van der Waals surface area contributed by atoms with Gasteiger partial charge < -0.3 is 10.4 Å². The number of aliphatic carboxylic acids is 1. The van der Waals surface area contributed by atoms with E-state index in [2.05, 4.69) is 30.0 Å². The van der Waals surface area contributed by atoms with E-state index in [0.29, 0.717) is 18.0 Å². The molecule has 1 aromatic rings. The fraction of sp³-hybridized carbons (Fsp3) is 0.500. The van der Waals surface area contributed by atoms with E-state index >= 15 is 0 Å². The lowest BCUT2D eigenvalue weighted by molar-refractivity contribution is -0.137. The molecule has 2 atom stereocenters. The molecule has 2 unspecified atom stereocenters. The predicted octanol–water partition coefficient (Wildman–Crippen LogP) is 1.53. The minimum Gasteiger partial charge on any atom is -0.481 e. The van der Waals surface area contributed by atoms with Gasteiger partial charge in [-0.3, -0.25) is 15.0 Å². The molecule has 1 saturated heterocycles. The zero-order valence-electron chi connectivity index (χ0n) is 12.9. The van der Waals surface area contributed by atoms with E-state index in [9.17, 15) is 9.59 Å². The van der Waals surface area contributed by atoms with Gasteiger partial charge in [-0.25, -0.2) is 5.43 Å². The summed E-state index contributed by atoms with van der Waals surface area (Å²) < 4.78 is 0. The Hall–Kier alpha value is -1.92. The maximum atomic E-state index is 12.3. The van der Waals surface area contributed by atoms with Crippen molar-refractivity contribution in [3.8, 4) is 0 Å². The van der Waals surface area contributed by atoms with Crippen LogP contribution in [-0.2, 0) is 16.0 Å². The van der Waals surface area contributed by atoms with Crippen LogP contribution >= 0.6 is 0 Å². The highest BCUT2D eigenvalue weighted by molar-refractivity contribution is 5.95. The lowest BCUT2D eigenvalue weighted by Gasteiger charge is -2.13. The summed E-state index contributed by atoms with van der Waals surface area (Å²) in [5, 5.41) is 11.6. The van der Waals surface area contributed by atoms with Crippen molar-refractivity contribution >= 4 is 17.6 Å². The maximum absolute atomic E-state index is 12.3. The van der Waals surface area contributed by atoms with Gasteiger partial charge in [0.15, 0.2) is 0 Å². The van der Waals surface area contributed by atoms with Crippen molar-refractivity contribution < 1.29 is 14.7 Å². The monoisotopic (exact) mass is 305 g/mol. The van der Waals surface area contributed by atoms with Gasteiger partial charge >= 0.3 is 5.97 Å². The van der Waals surface area contributed by atoms with Crippen LogP contribution in [-0.4, -0.2) is 29.1 Å². The number of hydrogen-bond donors (Lipinski definition) is 4. The Balaban J connectivity index is 1.91. The number of amides is 1. The Morgan fingerprint density at radius 1 is 1.36 bits per heavy atom. The molecule has 1 heterocycles. The molecule has 22 heavy (non-hydrogen) atoms. The van der Waals surface area contributed by atoms with E-state index in [1.54, 1.807) is 0 Å². The topological polar surface area (TPSA) is 90.5 Å². The second-order valence-electron chi connectivity index (χ2n) is 6.01. The summed E-state index contributed by atoms with van der Waals surface area (Å²) in [6, 6.07) is 7.35. The molecule has 0 radical (unpaired) electrons. The van der Waals surface area contributed by atoms with Gasteiger partial charge in [-0.1, -0.05) is 26.0 Å². The minimum atomic E-state index is -0.824. The minimum absolute atomic E-state index is 0.0777. The van der Waals surface area contributed by atoms with Crippen molar-refractivity contribution in [1.82, 2.24) is 10.9 Å². The lowest BCUT2D eigenvalue weighted by Crippen LogP contribution is -2.40. The van der Waals surface area contributed by atoms with Crippen molar-refractivity contribution in [2.24, 2.45) is 5.92 Å². The number of carboxylic acids is 1. The largest absolute Gasteiger partial charge is 0.481 e. The van der Waals surface area contributed by atoms with Crippen molar-refractivity contribution in [2.45, 2.75) is 45.2 Å². The molecule has 6 heteroatoms. The number of rotatable bonds is 6. The Morgan fingerprint density at radius 3 is 2.77 bits per heavy atom. The zero-order chi connectivity index (χ0) is 16.1. The molecule has 120 valence electrons. The molecule has 1 amide bonds. The summed E-state index contributed by atoms with van der Waals surface area (Å²) in [7, 11) is 0. The van der Waals surface area contributed by atoms with Crippen molar-refractivity contribution in [1.29, 1.82) is 0 Å². The number of anilines is 1. The van der Waals surface area contributed by atoms with Crippen LogP contribution in [0.25, 0.3) is 0 Å². The van der Waals surface area contributed by atoms with Gasteiger partial charge in [0.1, 0.15) is 6.04 Å². The van der Waals surface area contributed by atoms with Crippen LogP contribution in [0.15, 0.2) is 24.3 Å². The molecule has 0 bridgehead atoms. The number of carbonyl (C=O) groups excluding carboxylic acids is 1. The molecule has 0 aromatic heterocycles. The molecule has 1 aliphatic heterocycles. The first-order chi connectivity index (χ1) is 10.5. The number of hydrazine groups is 1. The number of carbonyl (C=O) groups is 2. The highest BCUT2D eigenvalue weighted by Crippen LogP contribution is 2.16. The molecule has 6 nitrogen and oxygen atoms in total. The van der Waals surface area contributed by atoms with E-state index < -0.39 is 5.97 Å². The number of hydrogen-bond acceptors (Lipinski definition) is 4. The van der Waals surface area contributed by atoms with E-state index in [1.807, 2.05) is 24.3 Å².